The molecule has 0 aliphatic carbocycles. The van der Waals surface area contributed by atoms with Gasteiger partial charge in [-0.2, -0.15) is 0 Å². The first-order valence-corrected chi connectivity index (χ1v) is 8.41. The highest BCUT2D eigenvalue weighted by molar-refractivity contribution is 5.94. The van der Waals surface area contributed by atoms with Crippen LogP contribution in [0, 0.1) is 10.1 Å². The summed E-state index contributed by atoms with van der Waals surface area (Å²) in [5.41, 5.74) is -0.863. The lowest BCUT2D eigenvalue weighted by atomic mass is 10.2. The van der Waals surface area contributed by atoms with Crippen molar-refractivity contribution in [1.82, 2.24) is 9.80 Å². The van der Waals surface area contributed by atoms with E-state index in [1.165, 1.54) is 0 Å². The second kappa shape index (κ2) is 7.62. The number of benzene rings is 1. The number of likely N-dealkylation sites (N-methyl/N-ethyl adjacent to an activating group) is 1. The van der Waals surface area contributed by atoms with Crippen LogP contribution in [0.4, 0.5) is 11.4 Å². The average molecular weight is 346 g/mol. The number of hydrogen-bond acceptors (Lipinski definition) is 7. The van der Waals surface area contributed by atoms with Gasteiger partial charge in [0.05, 0.1) is 4.92 Å². The van der Waals surface area contributed by atoms with Crippen LogP contribution in [0.1, 0.15) is 6.42 Å². The molecule has 1 saturated heterocycles. The van der Waals surface area contributed by atoms with Crippen molar-refractivity contribution in [2.24, 2.45) is 0 Å². The van der Waals surface area contributed by atoms with Gasteiger partial charge in [-0.3, -0.25) is 10.1 Å². The molecule has 0 amide bonds. The number of nitrogens with one attached hydrogen (secondary N) is 1. The molecular formula is C17H22N4O4. The predicted molar refractivity (Wildman–Crippen MR) is 96.2 cm³/mol. The van der Waals surface area contributed by atoms with E-state index in [2.05, 4.69) is 22.2 Å². The van der Waals surface area contributed by atoms with E-state index in [1.54, 1.807) is 24.3 Å². The average Bonchev–Trinajstić information content (AvgIpc) is 2.59. The van der Waals surface area contributed by atoms with E-state index < -0.39 is 16.2 Å². The molecule has 2 aromatic rings. The highest BCUT2D eigenvalue weighted by Gasteiger charge is 2.24. The third kappa shape index (κ3) is 3.97. The maximum absolute atomic E-state index is 11.9. The topological polar surface area (TPSA) is 91.9 Å². The van der Waals surface area contributed by atoms with Gasteiger partial charge in [0.15, 0.2) is 0 Å². The number of piperazine rings is 1. The molecule has 1 N–H and O–H groups in total. The number of nitro groups is 1. The van der Waals surface area contributed by atoms with Gasteiger partial charge in [0.2, 0.25) is 0 Å². The zero-order valence-electron chi connectivity index (χ0n) is 14.2. The first-order chi connectivity index (χ1) is 12.1. The van der Waals surface area contributed by atoms with Gasteiger partial charge in [-0.15, -0.1) is 0 Å². The number of hydrogen-bond donors (Lipinski definition) is 1. The summed E-state index contributed by atoms with van der Waals surface area (Å²) in [5, 5.41) is 14.9. The fraction of sp³-hybridized carbons (Fsp3) is 0.471. The first-order valence-electron chi connectivity index (χ1n) is 8.41. The Morgan fingerprint density at radius 3 is 2.68 bits per heavy atom. The highest BCUT2D eigenvalue weighted by atomic mass is 16.6. The summed E-state index contributed by atoms with van der Waals surface area (Å²) in [6.07, 6.45) is 0.843. The molecule has 1 aromatic heterocycles. The second-order valence-corrected chi connectivity index (χ2v) is 6.29. The Morgan fingerprint density at radius 1 is 1.24 bits per heavy atom. The third-order valence-corrected chi connectivity index (χ3v) is 4.52. The molecule has 0 bridgehead atoms. The van der Waals surface area contributed by atoms with Crippen molar-refractivity contribution in [2.75, 3.05) is 51.6 Å². The van der Waals surface area contributed by atoms with E-state index in [0.717, 1.165) is 39.1 Å². The zero-order valence-corrected chi connectivity index (χ0v) is 14.2. The van der Waals surface area contributed by atoms with Crippen LogP contribution in [0.25, 0.3) is 11.0 Å². The number of para-hydroxylation sites is 1. The summed E-state index contributed by atoms with van der Waals surface area (Å²) in [6, 6.07) is 6.85. The molecule has 1 aliphatic heterocycles. The largest absolute Gasteiger partial charge is 0.418 e. The van der Waals surface area contributed by atoms with Gasteiger partial charge in [-0.05, 0) is 32.1 Å². The quantitative estimate of drug-likeness (QED) is 0.369. The lowest BCUT2D eigenvalue weighted by Gasteiger charge is -2.32. The predicted octanol–water partition coefficient (Wildman–Crippen LogP) is 1.75. The van der Waals surface area contributed by atoms with Crippen molar-refractivity contribution >= 4 is 22.3 Å². The molecule has 0 atom stereocenters. The van der Waals surface area contributed by atoms with E-state index in [9.17, 15) is 14.9 Å². The fourth-order valence-corrected chi connectivity index (χ4v) is 3.07. The van der Waals surface area contributed by atoms with Crippen LogP contribution < -0.4 is 10.9 Å². The van der Waals surface area contributed by atoms with Gasteiger partial charge in [0.1, 0.15) is 11.3 Å². The number of fused-ring (bicyclic) bond motifs is 1. The van der Waals surface area contributed by atoms with Gasteiger partial charge in [0, 0.05) is 38.1 Å². The summed E-state index contributed by atoms with van der Waals surface area (Å²) in [5.74, 6) is 0. The van der Waals surface area contributed by atoms with Crippen molar-refractivity contribution < 1.29 is 9.34 Å². The van der Waals surface area contributed by atoms with Crippen LogP contribution in [0.15, 0.2) is 33.5 Å². The van der Waals surface area contributed by atoms with Crippen molar-refractivity contribution in [3.8, 4) is 0 Å². The van der Waals surface area contributed by atoms with E-state index in [1.807, 2.05) is 0 Å². The van der Waals surface area contributed by atoms with Crippen LogP contribution in [0.2, 0.25) is 0 Å². The molecule has 134 valence electrons. The standard InChI is InChI=1S/C17H22N4O4/c1-19-9-11-20(12-10-19)8-4-7-18-15-13-5-2-3-6-14(13)25-17(22)16(15)21(23)24/h2-3,5-6,18H,4,7-12H2,1H3. The Bertz CT molecular complexity index is 812. The maximum Gasteiger partial charge on any atom is 0.417 e. The molecule has 1 aromatic carbocycles. The molecule has 0 unspecified atom stereocenters. The molecule has 3 rings (SSSR count). The summed E-state index contributed by atoms with van der Waals surface area (Å²) in [6.45, 7) is 5.67. The van der Waals surface area contributed by atoms with Crippen LogP contribution in [0.3, 0.4) is 0 Å². The smallest absolute Gasteiger partial charge is 0.417 e. The van der Waals surface area contributed by atoms with Crippen molar-refractivity contribution in [2.45, 2.75) is 6.42 Å². The SMILES string of the molecule is CN1CCN(CCCNc2c([N+](=O)[O-])c(=O)oc3ccccc23)CC1. The Hall–Kier alpha value is -2.45. The van der Waals surface area contributed by atoms with E-state index in [4.69, 9.17) is 4.42 Å². The van der Waals surface area contributed by atoms with Gasteiger partial charge in [0.25, 0.3) is 0 Å². The van der Waals surface area contributed by atoms with Crippen LogP contribution in [0.5, 0.6) is 0 Å². The van der Waals surface area contributed by atoms with Crippen LogP contribution in [-0.2, 0) is 0 Å². The number of anilines is 1. The molecule has 1 aliphatic rings. The molecule has 8 nitrogen and oxygen atoms in total. The minimum absolute atomic E-state index is 0.246. The molecule has 25 heavy (non-hydrogen) atoms. The van der Waals surface area contributed by atoms with Gasteiger partial charge in [-0.25, -0.2) is 4.79 Å². The fourth-order valence-electron chi connectivity index (χ4n) is 3.07. The van der Waals surface area contributed by atoms with E-state index in [0.29, 0.717) is 17.5 Å². The van der Waals surface area contributed by atoms with Gasteiger partial charge >= 0.3 is 11.3 Å². The number of nitrogens with zero attached hydrogens (tertiary/aromatic N) is 3. The summed E-state index contributed by atoms with van der Waals surface area (Å²) >= 11 is 0. The summed E-state index contributed by atoms with van der Waals surface area (Å²) in [4.78, 5) is 27.2. The molecular weight excluding hydrogens is 324 g/mol. The lowest BCUT2D eigenvalue weighted by Crippen LogP contribution is -2.44. The van der Waals surface area contributed by atoms with Crippen LogP contribution in [-0.4, -0.2) is 61.0 Å². The van der Waals surface area contributed by atoms with E-state index >= 15 is 0 Å². The zero-order chi connectivity index (χ0) is 17.8. The minimum Gasteiger partial charge on any atom is -0.418 e. The molecule has 1 fully saturated rings. The third-order valence-electron chi connectivity index (χ3n) is 4.52. The first kappa shape index (κ1) is 17.4. The Balaban J connectivity index is 1.71. The molecule has 0 spiro atoms. The molecule has 0 saturated carbocycles. The molecule has 0 radical (unpaired) electrons. The Morgan fingerprint density at radius 2 is 1.96 bits per heavy atom. The summed E-state index contributed by atoms with van der Waals surface area (Å²) in [7, 11) is 2.12. The normalized spacial score (nSPS) is 16.2. The maximum atomic E-state index is 11.9. The Labute approximate surface area is 145 Å². The minimum atomic E-state index is -0.926. The molecule has 2 heterocycles. The lowest BCUT2D eigenvalue weighted by molar-refractivity contribution is -0.386. The Kier molecular flexibility index (Phi) is 5.30. The van der Waals surface area contributed by atoms with Crippen LogP contribution >= 0.6 is 0 Å². The van der Waals surface area contributed by atoms with Gasteiger partial charge < -0.3 is 19.5 Å². The van der Waals surface area contributed by atoms with Crippen molar-refractivity contribution in [3.05, 3.63) is 44.8 Å². The van der Waals surface area contributed by atoms with Gasteiger partial charge in [-0.1, -0.05) is 12.1 Å². The van der Waals surface area contributed by atoms with E-state index in [-0.39, 0.29) is 5.69 Å². The molecule has 8 heteroatoms. The number of rotatable bonds is 6. The van der Waals surface area contributed by atoms with Crippen molar-refractivity contribution in [1.29, 1.82) is 0 Å². The van der Waals surface area contributed by atoms with Crippen molar-refractivity contribution in [3.63, 3.8) is 0 Å². The highest BCUT2D eigenvalue weighted by Crippen LogP contribution is 2.29. The monoisotopic (exact) mass is 346 g/mol. The second-order valence-electron chi connectivity index (χ2n) is 6.29. The summed E-state index contributed by atoms with van der Waals surface area (Å²) < 4.78 is 5.06.